The largest absolute Gasteiger partial charge is 0.381 e. The molecule has 1 saturated carbocycles. The molecule has 7 nitrogen and oxygen atoms in total. The lowest BCUT2D eigenvalue weighted by atomic mass is 9.86. The van der Waals surface area contributed by atoms with Gasteiger partial charge in [0.05, 0.1) is 18.1 Å². The maximum absolute atomic E-state index is 15.0. The second-order valence-electron chi connectivity index (χ2n) is 12.6. The van der Waals surface area contributed by atoms with Crippen LogP contribution in [0, 0.1) is 23.0 Å². The molecule has 2 aromatic carbocycles. The first-order valence-corrected chi connectivity index (χ1v) is 14.3. The summed E-state index contributed by atoms with van der Waals surface area (Å²) >= 11 is 0. The quantitative estimate of drug-likeness (QED) is 0.258. The Morgan fingerprint density at radius 1 is 1.07 bits per heavy atom. The smallest absolute Gasteiger partial charge is 0.137 e. The topological polar surface area (TPSA) is 72.0 Å². The molecule has 0 unspecified atom stereocenters. The molecule has 2 atom stereocenters. The Kier molecular flexibility index (Phi) is 7.95. The zero-order valence-corrected chi connectivity index (χ0v) is 23.9. The molecule has 5 rings (SSSR count). The Morgan fingerprint density at radius 2 is 1.85 bits per heavy atom. The van der Waals surface area contributed by atoms with Gasteiger partial charge in [0.25, 0.3) is 0 Å². The van der Waals surface area contributed by atoms with Crippen molar-refractivity contribution in [3.63, 3.8) is 0 Å². The third kappa shape index (κ3) is 6.19. The highest BCUT2D eigenvalue weighted by Crippen LogP contribution is 2.38. The van der Waals surface area contributed by atoms with Gasteiger partial charge in [-0.15, -0.1) is 0 Å². The van der Waals surface area contributed by atoms with Gasteiger partial charge in [-0.2, -0.15) is 10.2 Å². The van der Waals surface area contributed by atoms with Crippen LogP contribution in [0.15, 0.2) is 55.2 Å². The summed E-state index contributed by atoms with van der Waals surface area (Å²) in [4.78, 5) is 6.46. The normalized spacial score (nSPS) is 17.2. The number of aliphatic hydroxyl groups is 1. The van der Waals surface area contributed by atoms with Crippen LogP contribution >= 0.6 is 0 Å². The van der Waals surface area contributed by atoms with Crippen LogP contribution in [0.5, 0.6) is 0 Å². The van der Waals surface area contributed by atoms with Gasteiger partial charge in [-0.05, 0) is 55.4 Å². The molecule has 1 N–H and O–H groups in total. The number of rotatable bonds is 9. The van der Waals surface area contributed by atoms with Gasteiger partial charge in [0.2, 0.25) is 0 Å². The molecule has 1 aliphatic carbocycles. The number of benzene rings is 2. The fourth-order valence-electron chi connectivity index (χ4n) is 6.01. The third-order valence-electron chi connectivity index (χ3n) is 8.09. The minimum atomic E-state index is -1.78. The number of aromatic nitrogens is 5. The van der Waals surface area contributed by atoms with Crippen LogP contribution in [0.2, 0.25) is 0 Å². The number of fused-ring (bicyclic) bond motifs is 1. The Hall–Kier alpha value is -3.33. The summed E-state index contributed by atoms with van der Waals surface area (Å²) in [6.07, 6.45) is 11.2. The average Bonchev–Trinajstić information content (AvgIpc) is 3.57. The first-order chi connectivity index (χ1) is 19.0. The third-order valence-corrected chi connectivity index (χ3v) is 8.09. The summed E-state index contributed by atoms with van der Waals surface area (Å²) in [6.45, 7) is 10.5. The van der Waals surface area contributed by atoms with Gasteiger partial charge in [0.1, 0.15) is 29.9 Å². The van der Waals surface area contributed by atoms with Crippen molar-refractivity contribution in [3.8, 4) is 0 Å². The molecule has 214 valence electrons. The highest BCUT2D eigenvalue weighted by molar-refractivity contribution is 5.82. The molecular weight excluding hydrogens is 510 g/mol. The van der Waals surface area contributed by atoms with E-state index >= 15 is 4.39 Å². The first-order valence-electron chi connectivity index (χ1n) is 14.3. The Bertz CT molecular complexity index is 1420. The van der Waals surface area contributed by atoms with Crippen molar-refractivity contribution in [1.82, 2.24) is 24.5 Å². The molecule has 0 saturated heterocycles. The van der Waals surface area contributed by atoms with Crippen LogP contribution in [0.4, 0.5) is 14.5 Å². The average molecular weight is 551 g/mol. The maximum Gasteiger partial charge on any atom is 0.137 e. The zero-order valence-electron chi connectivity index (χ0n) is 23.9. The monoisotopic (exact) mass is 550 g/mol. The lowest BCUT2D eigenvalue weighted by Gasteiger charge is -2.36. The van der Waals surface area contributed by atoms with E-state index in [0.29, 0.717) is 5.92 Å². The number of hydrogen-bond donors (Lipinski definition) is 1. The van der Waals surface area contributed by atoms with Crippen LogP contribution < -0.4 is 4.90 Å². The maximum atomic E-state index is 15.0. The van der Waals surface area contributed by atoms with Gasteiger partial charge >= 0.3 is 0 Å². The van der Waals surface area contributed by atoms with Crippen molar-refractivity contribution in [2.45, 2.75) is 78.0 Å². The van der Waals surface area contributed by atoms with E-state index in [1.165, 1.54) is 55.5 Å². The predicted molar refractivity (Wildman–Crippen MR) is 153 cm³/mol. The minimum Gasteiger partial charge on any atom is -0.381 e. The van der Waals surface area contributed by atoms with Crippen molar-refractivity contribution in [2.24, 2.45) is 11.3 Å². The van der Waals surface area contributed by atoms with Gasteiger partial charge in [-0.3, -0.25) is 4.68 Å². The van der Waals surface area contributed by atoms with Gasteiger partial charge in [-0.1, -0.05) is 46.1 Å². The lowest BCUT2D eigenvalue weighted by Crippen LogP contribution is -2.40. The zero-order chi connectivity index (χ0) is 28.5. The minimum absolute atomic E-state index is 0.0269. The van der Waals surface area contributed by atoms with Crippen LogP contribution in [0.3, 0.4) is 0 Å². The van der Waals surface area contributed by atoms with Crippen LogP contribution in [0.1, 0.15) is 71.4 Å². The first kappa shape index (κ1) is 28.2. The second kappa shape index (κ2) is 11.3. The molecular formula is C31H40F2N6O. The number of anilines is 1. The summed E-state index contributed by atoms with van der Waals surface area (Å²) in [5.41, 5.74) is 0.268. The van der Waals surface area contributed by atoms with Crippen molar-refractivity contribution in [1.29, 1.82) is 0 Å². The number of halogens is 2. The van der Waals surface area contributed by atoms with Crippen LogP contribution in [-0.2, 0) is 12.1 Å². The van der Waals surface area contributed by atoms with E-state index in [0.717, 1.165) is 41.8 Å². The van der Waals surface area contributed by atoms with E-state index in [-0.39, 0.29) is 17.5 Å². The molecule has 1 aliphatic rings. The molecule has 0 bridgehead atoms. The van der Waals surface area contributed by atoms with E-state index < -0.39 is 23.3 Å². The Morgan fingerprint density at radius 3 is 2.52 bits per heavy atom. The molecule has 0 spiro atoms. The summed E-state index contributed by atoms with van der Waals surface area (Å²) in [6, 6.07) is 8.82. The highest BCUT2D eigenvalue weighted by atomic mass is 19.1. The standard InChI is InChI=1S/C31H40F2N6O/c1-22(31(40,19-38-21-34-20-35-38)27-12-10-25(32)15-28(27)33)39-17-24-14-26(11-13-29(24)36-39)37(18-30(2,3)4)16-23-8-6-5-7-9-23/h10-15,17,20-23,40H,5-9,16,18-19H2,1-4H3/t22-,31-/m1/s1. The molecule has 9 heteroatoms. The van der Waals surface area contributed by atoms with Crippen molar-refractivity contribution >= 4 is 16.6 Å². The van der Waals surface area contributed by atoms with E-state index in [4.69, 9.17) is 5.10 Å². The van der Waals surface area contributed by atoms with Crippen molar-refractivity contribution in [3.05, 3.63) is 72.4 Å². The van der Waals surface area contributed by atoms with Crippen LogP contribution in [-0.4, -0.2) is 42.7 Å². The van der Waals surface area contributed by atoms with E-state index in [1.54, 1.807) is 11.6 Å². The second-order valence-corrected chi connectivity index (χ2v) is 12.6. The predicted octanol–water partition coefficient (Wildman–Crippen LogP) is 6.49. The summed E-state index contributed by atoms with van der Waals surface area (Å²) in [7, 11) is 0. The van der Waals surface area contributed by atoms with Crippen molar-refractivity contribution in [2.75, 3.05) is 18.0 Å². The highest BCUT2D eigenvalue weighted by Gasteiger charge is 2.41. The summed E-state index contributed by atoms with van der Waals surface area (Å²) < 4.78 is 31.9. The molecule has 0 radical (unpaired) electrons. The van der Waals surface area contributed by atoms with Gasteiger partial charge < -0.3 is 10.0 Å². The van der Waals surface area contributed by atoms with Gasteiger partial charge in [0, 0.05) is 42.0 Å². The van der Waals surface area contributed by atoms with Gasteiger partial charge in [-0.25, -0.2) is 18.4 Å². The van der Waals surface area contributed by atoms with Crippen molar-refractivity contribution < 1.29 is 13.9 Å². The molecule has 0 amide bonds. The summed E-state index contributed by atoms with van der Waals surface area (Å²) in [5.74, 6) is -0.830. The molecule has 2 aromatic heterocycles. The van der Waals surface area contributed by atoms with Crippen LogP contribution in [0.25, 0.3) is 10.9 Å². The molecule has 2 heterocycles. The van der Waals surface area contributed by atoms with E-state index in [1.807, 2.05) is 12.3 Å². The SMILES string of the molecule is C[C@@H](n1cc2cc(N(CC3CCCCC3)CC(C)(C)C)ccc2n1)[C@](O)(Cn1cncn1)c1ccc(F)cc1F. The molecule has 4 aromatic rings. The summed E-state index contributed by atoms with van der Waals surface area (Å²) in [5, 5.41) is 21.8. The fraction of sp³-hybridized carbons (Fsp3) is 0.516. The van der Waals surface area contributed by atoms with E-state index in [9.17, 15) is 9.50 Å². The van der Waals surface area contributed by atoms with Gasteiger partial charge in [0.15, 0.2) is 0 Å². The Balaban J connectivity index is 1.49. The lowest BCUT2D eigenvalue weighted by molar-refractivity contribution is -0.0366. The molecule has 40 heavy (non-hydrogen) atoms. The number of nitrogens with zero attached hydrogens (tertiary/aromatic N) is 6. The fourth-order valence-corrected chi connectivity index (χ4v) is 6.01. The molecule has 1 fully saturated rings. The molecule has 0 aliphatic heterocycles. The van der Waals surface area contributed by atoms with E-state index in [2.05, 4.69) is 47.9 Å². The number of hydrogen-bond acceptors (Lipinski definition) is 5. The Labute approximate surface area is 234 Å².